The molecule has 1 rings (SSSR count). The van der Waals surface area contributed by atoms with Gasteiger partial charge in [0.15, 0.2) is 16.6 Å². The fourth-order valence-corrected chi connectivity index (χ4v) is 11.5. The molecule has 0 aliphatic carbocycles. The highest BCUT2D eigenvalue weighted by Crippen LogP contribution is 2.35. The van der Waals surface area contributed by atoms with Crippen molar-refractivity contribution in [1.82, 2.24) is 0 Å². The molecule has 2 nitrogen and oxygen atoms in total. The average Bonchev–Trinajstić information content (AvgIpc) is 2.11. The van der Waals surface area contributed by atoms with E-state index in [-0.39, 0.29) is 0 Å². The van der Waals surface area contributed by atoms with E-state index in [1.807, 2.05) is 14.2 Å². The second-order valence-corrected chi connectivity index (χ2v) is 12.9. The topological polar surface area (TPSA) is 18.5 Å². The molecular weight excluding hydrogens is 184 g/mol. The molecule has 0 spiro atoms. The lowest BCUT2D eigenvalue weighted by atomic mass is 10.9. The highest BCUT2D eigenvalue weighted by atomic mass is 28.4. The van der Waals surface area contributed by atoms with Crippen LogP contribution in [-0.4, -0.2) is 30.9 Å². The van der Waals surface area contributed by atoms with E-state index in [0.717, 1.165) is 0 Å². The van der Waals surface area contributed by atoms with Crippen molar-refractivity contribution in [2.24, 2.45) is 0 Å². The Morgan fingerprint density at radius 1 is 0.750 bits per heavy atom. The van der Waals surface area contributed by atoms with Gasteiger partial charge in [0.1, 0.15) is 0 Å². The maximum Gasteiger partial charge on any atom is 0.188 e. The summed E-state index contributed by atoms with van der Waals surface area (Å²) in [5.74, 6) is 0. The normalized spacial score (nSPS) is 43.0. The molecule has 1 fully saturated rings. The molecule has 1 aliphatic rings. The number of hydrogen-bond acceptors (Lipinski definition) is 2. The molecule has 0 radical (unpaired) electrons. The highest BCUT2D eigenvalue weighted by Gasteiger charge is 2.41. The minimum atomic E-state index is -1.26. The molecule has 0 atom stereocenters. The van der Waals surface area contributed by atoms with Crippen molar-refractivity contribution in [1.29, 1.82) is 0 Å². The standard InChI is InChI=1S/C8H20O2Si2/c1-9-11(3)5-7-12(4,10-2)8-6-11/h5-8H2,1-4H3. The third-order valence-corrected chi connectivity index (χ3v) is 11.6. The molecule has 0 N–H and O–H groups in total. The van der Waals surface area contributed by atoms with Gasteiger partial charge in [-0.2, -0.15) is 0 Å². The molecular formula is C8H20O2Si2. The van der Waals surface area contributed by atoms with E-state index in [9.17, 15) is 0 Å². The van der Waals surface area contributed by atoms with Gasteiger partial charge < -0.3 is 8.85 Å². The summed E-state index contributed by atoms with van der Waals surface area (Å²) in [5.41, 5.74) is 0. The lowest BCUT2D eigenvalue weighted by Crippen LogP contribution is -2.46. The summed E-state index contributed by atoms with van der Waals surface area (Å²) in [6, 6.07) is 5.22. The summed E-state index contributed by atoms with van der Waals surface area (Å²) in [6.45, 7) is 4.69. The zero-order valence-corrected chi connectivity index (χ0v) is 10.6. The first-order valence-corrected chi connectivity index (χ1v) is 10.3. The molecule has 12 heavy (non-hydrogen) atoms. The molecule has 1 aliphatic heterocycles. The number of hydrogen-bond donors (Lipinski definition) is 0. The Bertz CT molecular complexity index is 135. The van der Waals surface area contributed by atoms with Crippen molar-refractivity contribution < 1.29 is 8.85 Å². The van der Waals surface area contributed by atoms with E-state index in [2.05, 4.69) is 13.1 Å². The molecule has 72 valence electrons. The SMILES string of the molecule is CO[Si]1(C)CC[Si](C)(OC)CC1. The van der Waals surface area contributed by atoms with Crippen molar-refractivity contribution in [3.8, 4) is 0 Å². The Balaban J connectivity index is 2.49. The van der Waals surface area contributed by atoms with Crippen molar-refractivity contribution >= 4 is 16.6 Å². The number of rotatable bonds is 2. The van der Waals surface area contributed by atoms with Crippen LogP contribution in [0, 0.1) is 0 Å². The first kappa shape index (κ1) is 10.4. The van der Waals surface area contributed by atoms with E-state index in [4.69, 9.17) is 8.85 Å². The molecule has 1 heterocycles. The van der Waals surface area contributed by atoms with Crippen molar-refractivity contribution in [2.45, 2.75) is 37.3 Å². The van der Waals surface area contributed by atoms with Gasteiger partial charge in [-0.3, -0.25) is 0 Å². The van der Waals surface area contributed by atoms with E-state index >= 15 is 0 Å². The molecule has 0 aromatic carbocycles. The quantitative estimate of drug-likeness (QED) is 0.643. The second-order valence-electron chi connectivity index (χ2n) is 4.31. The third-order valence-electron chi connectivity index (χ3n) is 3.35. The fourth-order valence-electron chi connectivity index (χ4n) is 1.72. The minimum Gasteiger partial charge on any atom is -0.420 e. The van der Waals surface area contributed by atoms with Crippen LogP contribution in [0.5, 0.6) is 0 Å². The van der Waals surface area contributed by atoms with Crippen LogP contribution in [0.1, 0.15) is 0 Å². The van der Waals surface area contributed by atoms with Gasteiger partial charge in [-0.25, -0.2) is 0 Å². The maximum atomic E-state index is 5.62. The van der Waals surface area contributed by atoms with Crippen LogP contribution in [0.25, 0.3) is 0 Å². The first-order valence-electron chi connectivity index (χ1n) is 4.64. The molecule has 0 aromatic heterocycles. The van der Waals surface area contributed by atoms with Gasteiger partial charge in [0.2, 0.25) is 0 Å². The fraction of sp³-hybridized carbons (Fsp3) is 1.00. The summed E-state index contributed by atoms with van der Waals surface area (Å²) >= 11 is 0. The van der Waals surface area contributed by atoms with Gasteiger partial charge in [-0.1, -0.05) is 0 Å². The third kappa shape index (κ3) is 2.19. The minimum absolute atomic E-state index is 1.26. The summed E-state index contributed by atoms with van der Waals surface area (Å²) in [6.07, 6.45) is 0. The van der Waals surface area contributed by atoms with Gasteiger partial charge in [-0.05, 0) is 37.3 Å². The Hall–Kier alpha value is 0.354. The van der Waals surface area contributed by atoms with Crippen LogP contribution < -0.4 is 0 Å². The summed E-state index contributed by atoms with van der Waals surface area (Å²) in [4.78, 5) is 0. The zero-order valence-electron chi connectivity index (χ0n) is 8.64. The first-order chi connectivity index (χ1) is 5.54. The van der Waals surface area contributed by atoms with Crippen molar-refractivity contribution in [3.63, 3.8) is 0 Å². The maximum absolute atomic E-state index is 5.62. The molecule has 0 aromatic rings. The van der Waals surface area contributed by atoms with Crippen LogP contribution in [0.4, 0.5) is 0 Å². The van der Waals surface area contributed by atoms with E-state index in [0.29, 0.717) is 0 Å². The van der Waals surface area contributed by atoms with Crippen LogP contribution in [-0.2, 0) is 8.85 Å². The Morgan fingerprint density at radius 3 is 1.17 bits per heavy atom. The molecule has 0 unspecified atom stereocenters. The van der Waals surface area contributed by atoms with Crippen LogP contribution in [0.3, 0.4) is 0 Å². The van der Waals surface area contributed by atoms with Crippen LogP contribution in [0.15, 0.2) is 0 Å². The van der Waals surface area contributed by atoms with E-state index in [1.54, 1.807) is 0 Å². The molecule has 4 heteroatoms. The Morgan fingerprint density at radius 2 is 1.00 bits per heavy atom. The molecule has 0 amide bonds. The predicted molar refractivity (Wildman–Crippen MR) is 56.5 cm³/mol. The highest BCUT2D eigenvalue weighted by molar-refractivity contribution is 6.82. The monoisotopic (exact) mass is 204 g/mol. The lowest BCUT2D eigenvalue weighted by Gasteiger charge is -2.38. The molecule has 0 bridgehead atoms. The zero-order chi connectivity index (χ0) is 9.24. The molecule has 0 saturated carbocycles. The smallest absolute Gasteiger partial charge is 0.188 e. The van der Waals surface area contributed by atoms with E-state index < -0.39 is 16.6 Å². The largest absolute Gasteiger partial charge is 0.420 e. The van der Waals surface area contributed by atoms with Gasteiger partial charge in [0.25, 0.3) is 0 Å². The van der Waals surface area contributed by atoms with Crippen LogP contribution in [0.2, 0.25) is 37.3 Å². The average molecular weight is 204 g/mol. The summed E-state index contributed by atoms with van der Waals surface area (Å²) < 4.78 is 11.2. The lowest BCUT2D eigenvalue weighted by molar-refractivity contribution is 0.374. The van der Waals surface area contributed by atoms with Crippen molar-refractivity contribution in [3.05, 3.63) is 0 Å². The van der Waals surface area contributed by atoms with Gasteiger partial charge in [-0.15, -0.1) is 0 Å². The van der Waals surface area contributed by atoms with Crippen LogP contribution >= 0.6 is 0 Å². The summed E-state index contributed by atoms with van der Waals surface area (Å²) in [5, 5.41) is 0. The van der Waals surface area contributed by atoms with Gasteiger partial charge >= 0.3 is 0 Å². The second kappa shape index (κ2) is 3.61. The Kier molecular flexibility index (Phi) is 3.14. The molecule has 1 saturated heterocycles. The Labute approximate surface area is 77.5 Å². The van der Waals surface area contributed by atoms with Crippen molar-refractivity contribution in [2.75, 3.05) is 14.2 Å². The van der Waals surface area contributed by atoms with Gasteiger partial charge in [0, 0.05) is 14.2 Å². The van der Waals surface area contributed by atoms with E-state index in [1.165, 1.54) is 24.2 Å². The van der Waals surface area contributed by atoms with Gasteiger partial charge in [0.05, 0.1) is 0 Å². The predicted octanol–water partition coefficient (Wildman–Crippen LogP) is 2.44. The summed E-state index contributed by atoms with van der Waals surface area (Å²) in [7, 11) is 1.23.